The number of benzene rings is 1. The molecular weight excluding hydrogens is 386 g/mol. The van der Waals surface area contributed by atoms with Crippen molar-refractivity contribution in [1.29, 1.82) is 0 Å². The van der Waals surface area contributed by atoms with Crippen LogP contribution in [0.1, 0.15) is 39.2 Å². The summed E-state index contributed by atoms with van der Waals surface area (Å²) >= 11 is 0. The molecule has 1 heterocycles. The lowest BCUT2D eigenvalue weighted by molar-refractivity contribution is -0.139. The number of alkyl carbamates (subject to hydrolysis) is 1. The third-order valence-electron chi connectivity index (χ3n) is 4.59. The maximum atomic E-state index is 12.4. The maximum Gasteiger partial charge on any atom is 0.408 e. The number of aryl methyl sites for hydroxylation is 1. The summed E-state index contributed by atoms with van der Waals surface area (Å²) in [4.78, 5) is 39.7. The van der Waals surface area contributed by atoms with Crippen molar-refractivity contribution in [1.82, 2.24) is 15.1 Å². The predicted molar refractivity (Wildman–Crippen MR) is 113 cm³/mol. The van der Waals surface area contributed by atoms with E-state index < -0.39 is 11.7 Å². The van der Waals surface area contributed by atoms with Gasteiger partial charge in [-0.25, -0.2) is 4.79 Å². The molecule has 0 aliphatic carbocycles. The van der Waals surface area contributed by atoms with Crippen molar-refractivity contribution in [3.63, 3.8) is 0 Å². The van der Waals surface area contributed by atoms with Crippen LogP contribution in [0.15, 0.2) is 24.3 Å². The minimum atomic E-state index is -0.613. The first-order valence-electron chi connectivity index (χ1n) is 10.4. The number of ether oxygens (including phenoxy) is 2. The highest BCUT2D eigenvalue weighted by Crippen LogP contribution is 2.12. The molecule has 0 saturated carbocycles. The molecule has 30 heavy (non-hydrogen) atoms. The van der Waals surface area contributed by atoms with Crippen LogP contribution < -0.4 is 10.1 Å². The first-order valence-corrected chi connectivity index (χ1v) is 10.4. The molecule has 8 heteroatoms. The van der Waals surface area contributed by atoms with Gasteiger partial charge in [0, 0.05) is 32.6 Å². The van der Waals surface area contributed by atoms with Crippen molar-refractivity contribution in [3.05, 3.63) is 29.8 Å². The Labute approximate surface area is 178 Å². The number of hydrogen-bond acceptors (Lipinski definition) is 5. The van der Waals surface area contributed by atoms with E-state index in [1.807, 2.05) is 31.2 Å². The topological polar surface area (TPSA) is 88.2 Å². The van der Waals surface area contributed by atoms with Gasteiger partial charge in [0.1, 0.15) is 17.9 Å². The summed E-state index contributed by atoms with van der Waals surface area (Å²) in [7, 11) is 0. The van der Waals surface area contributed by atoms with Gasteiger partial charge in [0.25, 0.3) is 0 Å². The lowest BCUT2D eigenvalue weighted by Gasteiger charge is -2.35. The molecule has 2 rings (SSSR count). The van der Waals surface area contributed by atoms with Gasteiger partial charge in [-0.1, -0.05) is 17.7 Å². The molecule has 0 spiro atoms. The second-order valence-corrected chi connectivity index (χ2v) is 8.38. The standard InChI is InChI=1S/C22H33N3O5/c1-17-7-9-18(10-8-17)29-15-5-6-19(26)24-11-13-25(14-12-24)20(27)16-23-21(28)30-22(2,3)4/h7-10H,5-6,11-16H2,1-4H3,(H,23,28). The minimum absolute atomic E-state index is 0.0708. The fourth-order valence-electron chi connectivity index (χ4n) is 2.99. The zero-order valence-electron chi connectivity index (χ0n) is 18.4. The van der Waals surface area contributed by atoms with Crippen LogP contribution in [0.5, 0.6) is 5.75 Å². The molecule has 1 aliphatic heterocycles. The van der Waals surface area contributed by atoms with Gasteiger partial charge in [0.15, 0.2) is 0 Å². The molecule has 0 radical (unpaired) electrons. The van der Waals surface area contributed by atoms with Gasteiger partial charge < -0.3 is 24.6 Å². The average molecular weight is 420 g/mol. The van der Waals surface area contributed by atoms with E-state index in [0.717, 1.165) is 5.75 Å². The number of carbonyl (C=O) groups excluding carboxylic acids is 3. The predicted octanol–water partition coefficient (Wildman–Crippen LogP) is 2.35. The number of rotatable bonds is 7. The molecule has 0 bridgehead atoms. The third kappa shape index (κ3) is 8.31. The molecule has 1 fully saturated rings. The third-order valence-corrected chi connectivity index (χ3v) is 4.59. The van der Waals surface area contributed by atoms with E-state index in [4.69, 9.17) is 9.47 Å². The molecule has 0 unspecified atom stereocenters. The van der Waals surface area contributed by atoms with Gasteiger partial charge in [0.2, 0.25) is 11.8 Å². The van der Waals surface area contributed by atoms with Crippen molar-refractivity contribution < 1.29 is 23.9 Å². The maximum absolute atomic E-state index is 12.4. The summed E-state index contributed by atoms with van der Waals surface area (Å²) in [5, 5.41) is 2.47. The normalized spacial score (nSPS) is 14.3. The number of hydrogen-bond donors (Lipinski definition) is 1. The van der Waals surface area contributed by atoms with E-state index in [9.17, 15) is 14.4 Å². The van der Waals surface area contributed by atoms with E-state index in [2.05, 4.69) is 5.32 Å². The molecule has 1 saturated heterocycles. The molecule has 1 aromatic rings. The van der Waals surface area contributed by atoms with E-state index in [1.165, 1.54) is 5.56 Å². The molecule has 0 atom stereocenters. The van der Waals surface area contributed by atoms with Crippen LogP contribution in [0.2, 0.25) is 0 Å². The number of carbonyl (C=O) groups is 3. The Bertz CT molecular complexity index is 719. The summed E-state index contributed by atoms with van der Waals surface area (Å²) in [5.74, 6) is 0.695. The van der Waals surface area contributed by atoms with E-state index in [0.29, 0.717) is 45.6 Å². The molecule has 8 nitrogen and oxygen atoms in total. The summed E-state index contributed by atoms with van der Waals surface area (Å²) in [6.45, 7) is 9.60. The minimum Gasteiger partial charge on any atom is -0.494 e. The van der Waals surface area contributed by atoms with E-state index in [1.54, 1.807) is 30.6 Å². The monoisotopic (exact) mass is 419 g/mol. The summed E-state index contributed by atoms with van der Waals surface area (Å²) < 4.78 is 10.8. The number of amides is 3. The highest BCUT2D eigenvalue weighted by molar-refractivity contribution is 5.83. The largest absolute Gasteiger partial charge is 0.494 e. The Kier molecular flexibility index (Phi) is 8.50. The Hall–Kier alpha value is -2.77. The number of nitrogens with one attached hydrogen (secondary N) is 1. The van der Waals surface area contributed by atoms with Gasteiger partial charge in [0.05, 0.1) is 6.61 Å². The second-order valence-electron chi connectivity index (χ2n) is 8.38. The fraction of sp³-hybridized carbons (Fsp3) is 0.591. The number of piperazine rings is 1. The molecule has 1 N–H and O–H groups in total. The van der Waals surface area contributed by atoms with Crippen molar-refractivity contribution in [2.75, 3.05) is 39.3 Å². The van der Waals surface area contributed by atoms with Gasteiger partial charge >= 0.3 is 6.09 Å². The van der Waals surface area contributed by atoms with Crippen LogP contribution in [0.3, 0.4) is 0 Å². The molecule has 166 valence electrons. The second kappa shape index (κ2) is 10.8. The highest BCUT2D eigenvalue weighted by Gasteiger charge is 2.24. The SMILES string of the molecule is Cc1ccc(OCCCC(=O)N2CCN(C(=O)CNC(=O)OC(C)(C)C)CC2)cc1. The quantitative estimate of drug-likeness (QED) is 0.686. The summed E-state index contributed by atoms with van der Waals surface area (Å²) in [6, 6.07) is 7.82. The van der Waals surface area contributed by atoms with Crippen molar-refractivity contribution in [3.8, 4) is 5.75 Å². The molecule has 0 aromatic heterocycles. The Balaban J connectivity index is 1.62. The molecule has 3 amide bonds. The first kappa shape index (κ1) is 23.5. The van der Waals surface area contributed by atoms with Crippen LogP contribution in [0.4, 0.5) is 4.79 Å². The number of nitrogens with zero attached hydrogens (tertiary/aromatic N) is 2. The molecular formula is C22H33N3O5. The van der Waals surface area contributed by atoms with Gasteiger partial charge in [-0.3, -0.25) is 9.59 Å². The lowest BCUT2D eigenvalue weighted by Crippen LogP contribution is -2.52. The smallest absolute Gasteiger partial charge is 0.408 e. The van der Waals surface area contributed by atoms with Crippen molar-refractivity contribution in [2.45, 2.75) is 46.1 Å². The Morgan fingerprint density at radius 2 is 1.53 bits per heavy atom. The Morgan fingerprint density at radius 3 is 2.10 bits per heavy atom. The average Bonchev–Trinajstić information content (AvgIpc) is 2.69. The lowest BCUT2D eigenvalue weighted by atomic mass is 10.2. The van der Waals surface area contributed by atoms with Crippen LogP contribution >= 0.6 is 0 Å². The van der Waals surface area contributed by atoms with Crippen LogP contribution in [0.25, 0.3) is 0 Å². The first-order chi connectivity index (χ1) is 14.1. The Morgan fingerprint density at radius 1 is 0.967 bits per heavy atom. The highest BCUT2D eigenvalue weighted by atomic mass is 16.6. The van der Waals surface area contributed by atoms with Crippen molar-refractivity contribution in [2.24, 2.45) is 0 Å². The van der Waals surface area contributed by atoms with Gasteiger partial charge in [-0.2, -0.15) is 0 Å². The van der Waals surface area contributed by atoms with Crippen LogP contribution in [-0.4, -0.2) is 72.6 Å². The zero-order chi connectivity index (χ0) is 22.1. The van der Waals surface area contributed by atoms with E-state index in [-0.39, 0.29) is 18.4 Å². The van der Waals surface area contributed by atoms with Crippen LogP contribution in [-0.2, 0) is 14.3 Å². The zero-order valence-corrected chi connectivity index (χ0v) is 18.4. The van der Waals surface area contributed by atoms with Crippen molar-refractivity contribution >= 4 is 17.9 Å². The van der Waals surface area contributed by atoms with Gasteiger partial charge in [-0.05, 0) is 46.2 Å². The summed E-state index contributed by atoms with van der Waals surface area (Å²) in [6.07, 6.45) is 0.448. The molecule has 1 aliphatic rings. The fourth-order valence-corrected chi connectivity index (χ4v) is 2.99. The van der Waals surface area contributed by atoms with E-state index >= 15 is 0 Å². The molecule has 1 aromatic carbocycles. The summed E-state index contributed by atoms with van der Waals surface area (Å²) in [5.41, 5.74) is 0.570. The van der Waals surface area contributed by atoms with Crippen LogP contribution in [0, 0.1) is 6.92 Å². The van der Waals surface area contributed by atoms with Gasteiger partial charge in [-0.15, -0.1) is 0 Å².